The zero-order valence-electron chi connectivity index (χ0n) is 7.25. The summed E-state index contributed by atoms with van der Waals surface area (Å²) in [5, 5.41) is 11.9. The van der Waals surface area contributed by atoms with Gasteiger partial charge in [-0.1, -0.05) is 0 Å². The van der Waals surface area contributed by atoms with E-state index in [1.165, 1.54) is 6.54 Å². The highest BCUT2D eigenvalue weighted by atomic mass is 15.4. The Hall–Kier alpha value is -0.590. The molecule has 4 rings (SSSR count). The van der Waals surface area contributed by atoms with Crippen molar-refractivity contribution < 1.29 is 0 Å². The molecule has 2 saturated carbocycles. The van der Waals surface area contributed by atoms with Gasteiger partial charge >= 0.3 is 0 Å². The fraction of sp³-hybridized carbons (Fsp3) is 0.889. The van der Waals surface area contributed by atoms with Gasteiger partial charge in [-0.25, -0.2) is 0 Å². The van der Waals surface area contributed by atoms with Crippen molar-refractivity contribution in [3.8, 4) is 6.07 Å². The van der Waals surface area contributed by atoms with E-state index in [1.54, 1.807) is 0 Å². The number of fused-ring (bicyclic) bond motifs is 1. The maximum absolute atomic E-state index is 8.40. The van der Waals surface area contributed by atoms with E-state index in [-0.39, 0.29) is 0 Å². The maximum Gasteiger partial charge on any atom is 0.0635 e. The Balaban J connectivity index is 1.59. The molecule has 0 aromatic rings. The van der Waals surface area contributed by atoms with Crippen LogP contribution >= 0.6 is 0 Å². The minimum absolute atomic E-state index is 0.492. The first-order valence-electron chi connectivity index (χ1n) is 4.64. The molecule has 12 heavy (non-hydrogen) atoms. The SMILES string of the molecule is CN1CC2C3C1C23NCCC#N. The smallest absolute Gasteiger partial charge is 0.0635 e. The van der Waals surface area contributed by atoms with Crippen LogP contribution in [-0.4, -0.2) is 36.6 Å². The summed E-state index contributed by atoms with van der Waals surface area (Å²) in [6.07, 6.45) is 0.650. The third-order valence-electron chi connectivity index (χ3n) is 3.84. The second-order valence-electron chi connectivity index (χ2n) is 4.28. The van der Waals surface area contributed by atoms with E-state index in [4.69, 9.17) is 5.26 Å². The zero-order chi connectivity index (χ0) is 8.34. The van der Waals surface area contributed by atoms with Crippen LogP contribution in [0.1, 0.15) is 6.42 Å². The zero-order valence-corrected chi connectivity index (χ0v) is 7.25. The van der Waals surface area contributed by atoms with Crippen LogP contribution in [0.15, 0.2) is 0 Å². The highest BCUT2D eigenvalue weighted by molar-refractivity contribution is 5.47. The lowest BCUT2D eigenvalue weighted by Gasteiger charge is -2.10. The van der Waals surface area contributed by atoms with Crippen LogP contribution in [0.2, 0.25) is 0 Å². The molecule has 0 spiro atoms. The van der Waals surface area contributed by atoms with E-state index < -0.39 is 0 Å². The summed E-state index contributed by atoms with van der Waals surface area (Å²) in [7, 11) is 2.21. The fourth-order valence-corrected chi connectivity index (χ4v) is 3.26. The largest absolute Gasteiger partial charge is 0.308 e. The normalized spacial score (nSPS) is 53.2. The quantitative estimate of drug-likeness (QED) is 0.586. The average molecular weight is 163 g/mol. The minimum atomic E-state index is 0.492. The van der Waals surface area contributed by atoms with E-state index in [2.05, 4.69) is 23.3 Å². The summed E-state index contributed by atoms with van der Waals surface area (Å²) in [6.45, 7) is 2.16. The third kappa shape index (κ3) is 0.531. The first-order chi connectivity index (χ1) is 5.82. The highest BCUT2D eigenvalue weighted by Crippen LogP contribution is 2.78. The van der Waals surface area contributed by atoms with Gasteiger partial charge in [-0.3, -0.25) is 0 Å². The lowest BCUT2D eigenvalue weighted by atomic mass is 10.2. The lowest BCUT2D eigenvalue weighted by Crippen LogP contribution is -2.32. The number of hydrogen-bond acceptors (Lipinski definition) is 3. The van der Waals surface area contributed by atoms with Crippen molar-refractivity contribution in [3.05, 3.63) is 0 Å². The number of hydrogen-bond donors (Lipinski definition) is 1. The average Bonchev–Trinajstić information content (AvgIpc) is 2.77. The molecule has 2 heterocycles. The van der Waals surface area contributed by atoms with Crippen molar-refractivity contribution in [2.45, 2.75) is 18.0 Å². The van der Waals surface area contributed by atoms with Crippen molar-refractivity contribution in [1.29, 1.82) is 5.26 Å². The molecule has 1 N–H and O–H groups in total. The number of nitrogens with one attached hydrogen (secondary N) is 1. The van der Waals surface area contributed by atoms with E-state index in [9.17, 15) is 0 Å². The summed E-state index contributed by atoms with van der Waals surface area (Å²) in [4.78, 5) is 2.45. The van der Waals surface area contributed by atoms with Crippen molar-refractivity contribution in [2.24, 2.45) is 11.8 Å². The Labute approximate surface area is 72.3 Å². The molecule has 0 radical (unpaired) electrons. The first-order valence-corrected chi connectivity index (χ1v) is 4.64. The van der Waals surface area contributed by atoms with Gasteiger partial charge in [0.25, 0.3) is 0 Å². The van der Waals surface area contributed by atoms with Gasteiger partial charge in [0.15, 0.2) is 0 Å². The Morgan fingerprint density at radius 3 is 3.08 bits per heavy atom. The van der Waals surface area contributed by atoms with Crippen molar-refractivity contribution in [2.75, 3.05) is 20.1 Å². The molecule has 64 valence electrons. The van der Waals surface area contributed by atoms with Gasteiger partial charge < -0.3 is 10.2 Å². The molecule has 2 aliphatic carbocycles. The van der Waals surface area contributed by atoms with Gasteiger partial charge in [0.2, 0.25) is 0 Å². The fourth-order valence-electron chi connectivity index (χ4n) is 3.26. The molecule has 0 aromatic heterocycles. The van der Waals surface area contributed by atoms with Gasteiger partial charge in [0.05, 0.1) is 6.07 Å². The molecular weight excluding hydrogens is 150 g/mol. The molecule has 4 atom stereocenters. The number of rotatable bonds is 3. The van der Waals surface area contributed by atoms with Crippen LogP contribution in [0.5, 0.6) is 0 Å². The molecule has 3 heteroatoms. The summed E-state index contributed by atoms with van der Waals surface area (Å²) in [5.41, 5.74) is 0.492. The Morgan fingerprint density at radius 1 is 1.75 bits per heavy atom. The number of nitriles is 1. The Kier molecular flexibility index (Phi) is 1.05. The summed E-state index contributed by atoms with van der Waals surface area (Å²) < 4.78 is 0. The summed E-state index contributed by atoms with van der Waals surface area (Å²) in [6, 6.07) is 2.99. The molecule has 2 saturated heterocycles. The first kappa shape index (κ1) is 6.88. The standard InChI is InChI=1S/C9H13N3/c1-12-5-6-7-8(12)9(6,7)11-4-2-3-10/h6-8,11H,2,4-5H2,1H3. The maximum atomic E-state index is 8.40. The molecule has 3 nitrogen and oxygen atoms in total. The van der Waals surface area contributed by atoms with Gasteiger partial charge in [-0.05, 0) is 13.0 Å². The van der Waals surface area contributed by atoms with Gasteiger partial charge in [-0.15, -0.1) is 0 Å². The molecular formula is C9H13N3. The molecule has 0 aromatic carbocycles. The van der Waals surface area contributed by atoms with Gasteiger partial charge in [0.1, 0.15) is 0 Å². The molecule has 0 amide bonds. The van der Waals surface area contributed by atoms with Crippen LogP contribution in [0, 0.1) is 23.2 Å². The van der Waals surface area contributed by atoms with Crippen LogP contribution in [-0.2, 0) is 0 Å². The second kappa shape index (κ2) is 1.84. The Bertz CT molecular complexity index is 263. The van der Waals surface area contributed by atoms with Crippen LogP contribution in [0.25, 0.3) is 0 Å². The second-order valence-corrected chi connectivity index (χ2v) is 4.28. The number of nitrogens with zero attached hydrogens (tertiary/aromatic N) is 2. The summed E-state index contributed by atoms with van der Waals surface area (Å²) >= 11 is 0. The predicted octanol–water partition coefficient (Wildman–Crippen LogP) is -0.198. The van der Waals surface area contributed by atoms with E-state index in [0.29, 0.717) is 12.0 Å². The van der Waals surface area contributed by atoms with Crippen molar-refractivity contribution in [3.63, 3.8) is 0 Å². The topological polar surface area (TPSA) is 39.1 Å². The van der Waals surface area contributed by atoms with E-state index in [1.807, 2.05) is 0 Å². The van der Waals surface area contributed by atoms with Gasteiger partial charge in [-0.2, -0.15) is 5.26 Å². The minimum Gasteiger partial charge on any atom is -0.308 e. The summed E-state index contributed by atoms with van der Waals surface area (Å²) in [5.74, 6) is 1.87. The monoisotopic (exact) mass is 163 g/mol. The molecule has 4 unspecified atom stereocenters. The molecule has 2 bridgehead atoms. The van der Waals surface area contributed by atoms with Crippen LogP contribution < -0.4 is 5.32 Å². The molecule has 4 fully saturated rings. The third-order valence-corrected chi connectivity index (χ3v) is 3.84. The lowest BCUT2D eigenvalue weighted by molar-refractivity contribution is 0.379. The predicted molar refractivity (Wildman–Crippen MR) is 44.4 cm³/mol. The number of piperidine rings is 1. The van der Waals surface area contributed by atoms with E-state index in [0.717, 1.165) is 24.4 Å². The number of likely N-dealkylation sites (N-methyl/N-ethyl adjacent to an activating group) is 1. The van der Waals surface area contributed by atoms with Crippen LogP contribution in [0.3, 0.4) is 0 Å². The van der Waals surface area contributed by atoms with Crippen molar-refractivity contribution >= 4 is 0 Å². The van der Waals surface area contributed by atoms with Crippen molar-refractivity contribution in [1.82, 2.24) is 10.2 Å². The van der Waals surface area contributed by atoms with Crippen LogP contribution in [0.4, 0.5) is 0 Å². The molecule has 2 aliphatic heterocycles. The molecule has 4 aliphatic rings. The Morgan fingerprint density at radius 2 is 2.58 bits per heavy atom. The highest BCUT2D eigenvalue weighted by Gasteiger charge is 2.91. The van der Waals surface area contributed by atoms with Gasteiger partial charge in [0, 0.05) is 37.0 Å². The van der Waals surface area contributed by atoms with E-state index >= 15 is 0 Å².